The van der Waals surface area contributed by atoms with E-state index in [1.165, 1.54) is 22.1 Å². The van der Waals surface area contributed by atoms with Crippen LogP contribution in [0.25, 0.3) is 10.8 Å². The normalized spacial score (nSPS) is 16.4. The molecule has 1 aliphatic rings. The highest BCUT2D eigenvalue weighted by Crippen LogP contribution is 2.38. The molecule has 0 amide bonds. The van der Waals surface area contributed by atoms with Crippen molar-refractivity contribution in [3.05, 3.63) is 36.4 Å². The Morgan fingerprint density at radius 2 is 1.59 bits per heavy atom. The summed E-state index contributed by atoms with van der Waals surface area (Å²) in [6.07, 6.45) is 2.27. The molecule has 0 fully saturated rings. The fourth-order valence-electron chi connectivity index (χ4n) is 2.80. The van der Waals surface area contributed by atoms with Crippen LogP contribution < -0.4 is 10.6 Å². The SMILES string of the molecule is CCCC1(C)Nc2cccc3cccc(c23)N1. The maximum absolute atomic E-state index is 3.63. The molecule has 0 aromatic heterocycles. The van der Waals surface area contributed by atoms with Gasteiger partial charge in [-0.05, 0) is 30.9 Å². The zero-order valence-electron chi connectivity index (χ0n) is 10.4. The Balaban J connectivity index is 2.17. The van der Waals surface area contributed by atoms with Crippen LogP contribution in [-0.2, 0) is 0 Å². The van der Waals surface area contributed by atoms with E-state index in [2.05, 4.69) is 60.9 Å². The van der Waals surface area contributed by atoms with Gasteiger partial charge in [-0.25, -0.2) is 0 Å². The lowest BCUT2D eigenvalue weighted by molar-refractivity contribution is 0.523. The lowest BCUT2D eigenvalue weighted by Crippen LogP contribution is -2.44. The Morgan fingerprint density at radius 1 is 1.00 bits per heavy atom. The molecule has 3 rings (SSSR count). The number of rotatable bonds is 2. The van der Waals surface area contributed by atoms with E-state index in [1.54, 1.807) is 0 Å². The van der Waals surface area contributed by atoms with Crippen LogP contribution in [0.2, 0.25) is 0 Å². The number of hydrogen-bond donors (Lipinski definition) is 2. The van der Waals surface area contributed by atoms with Crippen molar-refractivity contribution in [2.45, 2.75) is 32.4 Å². The van der Waals surface area contributed by atoms with Crippen LogP contribution in [0, 0.1) is 0 Å². The minimum Gasteiger partial charge on any atom is -0.363 e. The third kappa shape index (κ3) is 1.64. The van der Waals surface area contributed by atoms with Crippen molar-refractivity contribution in [3.63, 3.8) is 0 Å². The molecule has 2 nitrogen and oxygen atoms in total. The fraction of sp³-hybridized carbons (Fsp3) is 0.333. The van der Waals surface area contributed by atoms with E-state index in [0.717, 1.165) is 12.8 Å². The molecule has 2 heteroatoms. The molecular weight excluding hydrogens is 208 g/mol. The molecule has 0 saturated carbocycles. The van der Waals surface area contributed by atoms with E-state index in [4.69, 9.17) is 0 Å². The highest BCUT2D eigenvalue weighted by Gasteiger charge is 2.28. The summed E-state index contributed by atoms with van der Waals surface area (Å²) in [6.45, 7) is 4.45. The molecule has 0 atom stereocenters. The zero-order chi connectivity index (χ0) is 11.9. The van der Waals surface area contributed by atoms with Crippen LogP contribution in [0.1, 0.15) is 26.7 Å². The number of anilines is 2. The smallest absolute Gasteiger partial charge is 0.105 e. The monoisotopic (exact) mass is 226 g/mol. The highest BCUT2D eigenvalue weighted by molar-refractivity contribution is 6.05. The van der Waals surface area contributed by atoms with E-state index in [1.807, 2.05) is 0 Å². The summed E-state index contributed by atoms with van der Waals surface area (Å²) in [6, 6.07) is 12.9. The molecule has 2 N–H and O–H groups in total. The maximum Gasteiger partial charge on any atom is 0.105 e. The average Bonchev–Trinajstić information content (AvgIpc) is 2.29. The highest BCUT2D eigenvalue weighted by atomic mass is 15.2. The summed E-state index contributed by atoms with van der Waals surface area (Å²) in [7, 11) is 0. The molecular formula is C15H18N2. The Kier molecular flexibility index (Phi) is 2.25. The van der Waals surface area contributed by atoms with Gasteiger partial charge in [-0.1, -0.05) is 37.6 Å². The first-order valence-corrected chi connectivity index (χ1v) is 6.30. The maximum atomic E-state index is 3.63. The molecule has 1 aliphatic heterocycles. The van der Waals surface area contributed by atoms with Gasteiger partial charge in [-0.15, -0.1) is 0 Å². The minimum atomic E-state index is -0.0304. The number of benzene rings is 2. The van der Waals surface area contributed by atoms with Crippen molar-refractivity contribution >= 4 is 22.1 Å². The van der Waals surface area contributed by atoms with Gasteiger partial charge in [0, 0.05) is 16.8 Å². The van der Waals surface area contributed by atoms with Gasteiger partial charge in [-0.3, -0.25) is 0 Å². The van der Waals surface area contributed by atoms with Crippen LogP contribution in [0.3, 0.4) is 0 Å². The summed E-state index contributed by atoms with van der Waals surface area (Å²) in [5.41, 5.74) is 2.46. The fourth-order valence-corrected chi connectivity index (χ4v) is 2.80. The molecule has 2 aromatic rings. The van der Waals surface area contributed by atoms with E-state index in [9.17, 15) is 0 Å². The Morgan fingerprint density at radius 3 is 2.12 bits per heavy atom. The third-order valence-electron chi connectivity index (χ3n) is 3.48. The standard InChI is InChI=1S/C15H18N2/c1-3-10-15(2)16-12-8-4-6-11-7-5-9-13(17-15)14(11)12/h4-9,16-17H,3,10H2,1-2H3. The molecule has 88 valence electrons. The van der Waals surface area contributed by atoms with Crippen LogP contribution in [-0.4, -0.2) is 5.66 Å². The lowest BCUT2D eigenvalue weighted by atomic mass is 9.97. The van der Waals surface area contributed by atoms with Crippen LogP contribution in [0.5, 0.6) is 0 Å². The van der Waals surface area contributed by atoms with Gasteiger partial charge in [0.05, 0.1) is 0 Å². The minimum absolute atomic E-state index is 0.0304. The molecule has 0 saturated heterocycles. The van der Waals surface area contributed by atoms with Crippen LogP contribution >= 0.6 is 0 Å². The average molecular weight is 226 g/mol. The largest absolute Gasteiger partial charge is 0.363 e. The van der Waals surface area contributed by atoms with Gasteiger partial charge >= 0.3 is 0 Å². The molecule has 0 unspecified atom stereocenters. The molecule has 0 spiro atoms. The Hall–Kier alpha value is -1.70. The Labute approximate surface area is 102 Å². The molecule has 0 radical (unpaired) electrons. The number of hydrogen-bond acceptors (Lipinski definition) is 2. The van der Waals surface area contributed by atoms with Crippen molar-refractivity contribution in [2.24, 2.45) is 0 Å². The van der Waals surface area contributed by atoms with Crippen molar-refractivity contribution in [3.8, 4) is 0 Å². The first-order valence-electron chi connectivity index (χ1n) is 6.30. The second-order valence-corrected chi connectivity index (χ2v) is 5.04. The van der Waals surface area contributed by atoms with Crippen molar-refractivity contribution in [1.82, 2.24) is 0 Å². The van der Waals surface area contributed by atoms with E-state index in [0.29, 0.717) is 0 Å². The molecule has 17 heavy (non-hydrogen) atoms. The molecule has 2 aromatic carbocycles. The van der Waals surface area contributed by atoms with Gasteiger partial charge in [0.1, 0.15) is 5.66 Å². The first-order chi connectivity index (χ1) is 8.22. The van der Waals surface area contributed by atoms with Gasteiger partial charge in [-0.2, -0.15) is 0 Å². The molecule has 0 aliphatic carbocycles. The van der Waals surface area contributed by atoms with Crippen LogP contribution in [0.4, 0.5) is 11.4 Å². The lowest BCUT2D eigenvalue weighted by Gasteiger charge is -2.38. The Bertz CT molecular complexity index is 519. The van der Waals surface area contributed by atoms with Crippen LogP contribution in [0.15, 0.2) is 36.4 Å². The summed E-state index contributed by atoms with van der Waals surface area (Å²) >= 11 is 0. The van der Waals surface area contributed by atoms with E-state index >= 15 is 0 Å². The third-order valence-corrected chi connectivity index (χ3v) is 3.48. The number of nitrogens with one attached hydrogen (secondary N) is 2. The predicted octanol–water partition coefficient (Wildman–Crippen LogP) is 4.19. The van der Waals surface area contributed by atoms with Gasteiger partial charge < -0.3 is 10.6 Å². The van der Waals surface area contributed by atoms with Crippen molar-refractivity contribution in [1.29, 1.82) is 0 Å². The molecule has 0 bridgehead atoms. The second kappa shape index (κ2) is 3.66. The summed E-state index contributed by atoms with van der Waals surface area (Å²) < 4.78 is 0. The quantitative estimate of drug-likeness (QED) is 0.802. The molecule has 1 heterocycles. The summed E-state index contributed by atoms with van der Waals surface area (Å²) in [5, 5.41) is 9.85. The first kappa shape index (κ1) is 10.5. The zero-order valence-corrected chi connectivity index (χ0v) is 10.4. The predicted molar refractivity (Wildman–Crippen MR) is 74.5 cm³/mol. The van der Waals surface area contributed by atoms with E-state index in [-0.39, 0.29) is 5.66 Å². The van der Waals surface area contributed by atoms with Gasteiger partial charge in [0.15, 0.2) is 0 Å². The van der Waals surface area contributed by atoms with Gasteiger partial charge in [0.25, 0.3) is 0 Å². The van der Waals surface area contributed by atoms with Crippen molar-refractivity contribution in [2.75, 3.05) is 10.6 Å². The summed E-state index contributed by atoms with van der Waals surface area (Å²) in [5.74, 6) is 0. The van der Waals surface area contributed by atoms with Gasteiger partial charge in [0.2, 0.25) is 0 Å². The van der Waals surface area contributed by atoms with E-state index < -0.39 is 0 Å². The topological polar surface area (TPSA) is 24.1 Å². The summed E-state index contributed by atoms with van der Waals surface area (Å²) in [4.78, 5) is 0. The van der Waals surface area contributed by atoms with Crippen molar-refractivity contribution < 1.29 is 0 Å². The second-order valence-electron chi connectivity index (χ2n) is 5.04.